The summed E-state index contributed by atoms with van der Waals surface area (Å²) in [6.07, 6.45) is 1.36. The van der Waals surface area contributed by atoms with E-state index >= 15 is 0 Å². The number of hydrogen-bond acceptors (Lipinski definition) is 3. The molecular weight excluding hydrogens is 353 g/mol. The van der Waals surface area contributed by atoms with E-state index < -0.39 is 5.97 Å². The van der Waals surface area contributed by atoms with Gasteiger partial charge in [0.2, 0.25) is 0 Å². The Kier molecular flexibility index (Phi) is 11.2. The average Bonchev–Trinajstić information content (AvgIpc) is 2.55. The summed E-state index contributed by atoms with van der Waals surface area (Å²) >= 11 is 0. The Bertz CT molecular complexity index is 553. The van der Waals surface area contributed by atoms with Gasteiger partial charge in [-0.25, -0.2) is 4.79 Å². The van der Waals surface area contributed by atoms with Gasteiger partial charge in [0.15, 0.2) is 0 Å². The molecule has 3 nitrogen and oxygen atoms in total. The van der Waals surface area contributed by atoms with Gasteiger partial charge in [-0.15, -0.1) is 17.7 Å². The van der Waals surface area contributed by atoms with Crippen LogP contribution in [-0.2, 0) is 47.0 Å². The molecule has 0 atom stereocenters. The maximum atomic E-state index is 11.5. The monoisotopic (exact) mass is 371 g/mol. The molecule has 0 spiro atoms. The molecule has 2 aromatic carbocycles. The molecule has 0 radical (unpaired) electrons. The zero-order valence-corrected chi connectivity index (χ0v) is 15.6. The van der Waals surface area contributed by atoms with Crippen molar-refractivity contribution in [2.75, 3.05) is 14.2 Å². The second-order valence-electron chi connectivity index (χ2n) is 3.99. The molecule has 0 aliphatic carbocycles. The first-order chi connectivity index (χ1) is 10.2. The van der Waals surface area contributed by atoms with Crippen LogP contribution in [0.25, 0.3) is 5.57 Å². The number of carbonyl (C=O) groups is 1. The van der Waals surface area contributed by atoms with Crippen LogP contribution in [0.5, 0.6) is 0 Å². The fourth-order valence-corrected chi connectivity index (χ4v) is 1.57. The third-order valence-corrected chi connectivity index (χ3v) is 2.56. The Labute approximate surface area is 157 Å². The number of benzene rings is 2. The fourth-order valence-electron chi connectivity index (χ4n) is 1.57. The molecule has 0 heterocycles. The zero-order chi connectivity index (χ0) is 15.5. The summed E-state index contributed by atoms with van der Waals surface area (Å²) < 4.78 is 9.51. The third kappa shape index (κ3) is 6.92. The molecule has 22 heavy (non-hydrogen) atoms. The number of hydrogen-bond donors (Lipinski definition) is 0. The first-order valence-corrected chi connectivity index (χ1v) is 6.34. The van der Waals surface area contributed by atoms with Crippen molar-refractivity contribution in [3.05, 3.63) is 85.0 Å². The molecule has 0 saturated heterocycles. The van der Waals surface area contributed by atoms with E-state index in [1.54, 1.807) is 6.07 Å². The van der Waals surface area contributed by atoms with E-state index in [0.717, 1.165) is 5.56 Å². The summed E-state index contributed by atoms with van der Waals surface area (Å²) in [6, 6.07) is 19.8. The van der Waals surface area contributed by atoms with Crippen molar-refractivity contribution in [3.63, 3.8) is 0 Å². The molecule has 0 fully saturated rings. The van der Waals surface area contributed by atoms with Crippen molar-refractivity contribution in [1.82, 2.24) is 0 Å². The SMILES string of the molecule is [CH2-]c1ccccc1/C(=C/OC)C(=O)OC.[Y+3].[c-]1ccccc1. The van der Waals surface area contributed by atoms with Gasteiger partial charge in [-0.3, -0.25) is 0 Å². The molecule has 0 unspecified atom stereocenters. The van der Waals surface area contributed by atoms with E-state index in [-0.39, 0.29) is 32.7 Å². The maximum absolute atomic E-state index is 11.5. The topological polar surface area (TPSA) is 35.5 Å². The Morgan fingerprint density at radius 3 is 2.14 bits per heavy atom. The summed E-state index contributed by atoms with van der Waals surface area (Å²) in [5.74, 6) is -0.437. The van der Waals surface area contributed by atoms with E-state index in [1.165, 1.54) is 20.5 Å². The summed E-state index contributed by atoms with van der Waals surface area (Å²) in [5, 5.41) is 0. The maximum Gasteiger partial charge on any atom is 3.00 e. The zero-order valence-electron chi connectivity index (χ0n) is 12.8. The molecule has 0 aliphatic heterocycles. The van der Waals surface area contributed by atoms with Crippen LogP contribution in [0, 0.1) is 13.0 Å². The molecule has 2 aromatic rings. The Morgan fingerprint density at radius 2 is 1.73 bits per heavy atom. The first kappa shape index (κ1) is 20.4. The number of carbonyl (C=O) groups excluding carboxylic acids is 1. The van der Waals surface area contributed by atoms with Crippen molar-refractivity contribution >= 4 is 11.5 Å². The summed E-state index contributed by atoms with van der Waals surface area (Å²) in [6.45, 7) is 3.84. The van der Waals surface area contributed by atoms with Gasteiger partial charge in [0, 0.05) is 5.57 Å². The van der Waals surface area contributed by atoms with Gasteiger partial charge >= 0.3 is 38.7 Å². The second-order valence-corrected chi connectivity index (χ2v) is 3.99. The van der Waals surface area contributed by atoms with E-state index in [1.807, 2.05) is 48.5 Å². The molecule has 0 aromatic heterocycles. The van der Waals surface area contributed by atoms with Crippen molar-refractivity contribution in [3.8, 4) is 0 Å². The van der Waals surface area contributed by atoms with Crippen LogP contribution < -0.4 is 0 Å². The molecule has 0 aliphatic rings. The Morgan fingerprint density at radius 1 is 1.09 bits per heavy atom. The Balaban J connectivity index is 0.000000529. The van der Waals surface area contributed by atoms with E-state index in [4.69, 9.17) is 4.74 Å². The van der Waals surface area contributed by atoms with Crippen LogP contribution in [0.2, 0.25) is 0 Å². The molecule has 0 saturated carbocycles. The number of rotatable bonds is 3. The minimum atomic E-state index is -0.437. The fraction of sp³-hybridized carbons (Fsp3) is 0.111. The van der Waals surface area contributed by atoms with Gasteiger partial charge in [0.25, 0.3) is 0 Å². The quantitative estimate of drug-likeness (QED) is 0.359. The normalized spacial score (nSPS) is 9.64. The predicted octanol–water partition coefficient (Wildman–Crippen LogP) is 3.51. The van der Waals surface area contributed by atoms with Crippen molar-refractivity contribution in [2.24, 2.45) is 0 Å². The van der Waals surface area contributed by atoms with E-state index in [0.29, 0.717) is 11.1 Å². The van der Waals surface area contributed by atoms with Crippen molar-refractivity contribution < 1.29 is 47.0 Å². The molecule has 110 valence electrons. The molecule has 0 amide bonds. The van der Waals surface area contributed by atoms with Crippen molar-refractivity contribution in [1.29, 1.82) is 0 Å². The van der Waals surface area contributed by atoms with Crippen LogP contribution in [0.15, 0.2) is 60.9 Å². The van der Waals surface area contributed by atoms with E-state index in [9.17, 15) is 4.79 Å². The second kappa shape index (κ2) is 12.0. The largest absolute Gasteiger partial charge is 3.00 e. The van der Waals surface area contributed by atoms with Gasteiger partial charge in [0.05, 0.1) is 20.5 Å². The predicted molar refractivity (Wildman–Crippen MR) is 83.2 cm³/mol. The summed E-state index contributed by atoms with van der Waals surface area (Å²) in [5.41, 5.74) is 1.84. The minimum absolute atomic E-state index is 0. The molecule has 0 N–H and O–H groups in total. The van der Waals surface area contributed by atoms with Gasteiger partial charge < -0.3 is 9.47 Å². The van der Waals surface area contributed by atoms with Crippen LogP contribution in [0.3, 0.4) is 0 Å². The first-order valence-electron chi connectivity index (χ1n) is 6.34. The number of ether oxygens (including phenoxy) is 2. The van der Waals surface area contributed by atoms with Gasteiger partial charge in [-0.05, 0) is 0 Å². The molecule has 0 bridgehead atoms. The van der Waals surface area contributed by atoms with Gasteiger partial charge in [-0.1, -0.05) is 6.07 Å². The molecular formula is C18H18O3Y+. The smallest absolute Gasteiger partial charge is 0.505 e. The Hall–Kier alpha value is -1.58. The third-order valence-electron chi connectivity index (χ3n) is 2.56. The van der Waals surface area contributed by atoms with Crippen LogP contribution in [0.4, 0.5) is 0 Å². The minimum Gasteiger partial charge on any atom is -0.505 e. The average molecular weight is 371 g/mol. The van der Waals surface area contributed by atoms with E-state index in [2.05, 4.69) is 17.7 Å². The van der Waals surface area contributed by atoms with Crippen LogP contribution in [-0.4, -0.2) is 20.2 Å². The summed E-state index contributed by atoms with van der Waals surface area (Å²) in [4.78, 5) is 11.5. The molecule has 4 heteroatoms. The molecule has 2 rings (SSSR count). The number of esters is 1. The number of methoxy groups -OCH3 is 2. The standard InChI is InChI=1S/C12H13O3.C6H5.Y/c1-9-6-4-5-7-10(9)11(8-14-2)12(13)15-3;1-2-4-6-5-3-1;/h4-8H,1H2,2-3H3;1-5H;/q2*-1;+3/b11-8-;;. The van der Waals surface area contributed by atoms with Crippen LogP contribution >= 0.6 is 0 Å². The van der Waals surface area contributed by atoms with Crippen molar-refractivity contribution in [2.45, 2.75) is 0 Å². The van der Waals surface area contributed by atoms with Gasteiger partial charge in [-0.2, -0.15) is 55.0 Å². The van der Waals surface area contributed by atoms with Gasteiger partial charge in [0.1, 0.15) is 0 Å². The summed E-state index contributed by atoms with van der Waals surface area (Å²) in [7, 11) is 2.81. The van der Waals surface area contributed by atoms with Crippen LogP contribution in [0.1, 0.15) is 11.1 Å².